The van der Waals surface area contributed by atoms with Crippen LogP contribution in [0.5, 0.6) is 5.75 Å². The number of benzene rings is 1. The number of halogens is 6. The van der Waals surface area contributed by atoms with Crippen molar-refractivity contribution >= 4 is 17.4 Å². The van der Waals surface area contributed by atoms with Crippen LogP contribution in [-0.4, -0.2) is 35.3 Å². The number of nitrogens with one attached hydrogen (secondary N) is 1. The van der Waals surface area contributed by atoms with Gasteiger partial charge in [0.25, 0.3) is 5.91 Å². The van der Waals surface area contributed by atoms with Gasteiger partial charge in [0.2, 0.25) is 0 Å². The second-order valence-corrected chi connectivity index (χ2v) is 7.27. The summed E-state index contributed by atoms with van der Waals surface area (Å²) in [5.74, 6) is -0.942. The van der Waals surface area contributed by atoms with E-state index in [1.165, 1.54) is 31.5 Å². The van der Waals surface area contributed by atoms with Gasteiger partial charge in [-0.1, -0.05) is 0 Å². The molecule has 1 amide bonds. The highest BCUT2D eigenvalue weighted by Crippen LogP contribution is 2.43. The number of alkyl halides is 6. The number of furan rings is 1. The summed E-state index contributed by atoms with van der Waals surface area (Å²) in [6, 6.07) is 5.96. The maximum absolute atomic E-state index is 13.7. The quantitative estimate of drug-likeness (QED) is 0.519. The Labute approximate surface area is 182 Å². The number of fused-ring (bicyclic) bond motifs is 1. The number of carbonyl (C=O) groups excluding carboxylic acids is 1. The molecular weight excluding hydrogens is 458 g/mol. The number of hydrogen-bond acceptors (Lipinski definition) is 5. The van der Waals surface area contributed by atoms with Crippen LogP contribution in [-0.2, 0) is 0 Å². The van der Waals surface area contributed by atoms with Crippen molar-refractivity contribution < 1.29 is 40.3 Å². The first kappa shape index (κ1) is 22.6. The third kappa shape index (κ3) is 4.76. The Morgan fingerprint density at radius 3 is 2.45 bits per heavy atom. The molecule has 0 spiro atoms. The van der Waals surface area contributed by atoms with Crippen LogP contribution in [0.25, 0.3) is 0 Å². The maximum atomic E-state index is 13.7. The maximum Gasteiger partial charge on any atom is 0.573 e. The summed E-state index contributed by atoms with van der Waals surface area (Å²) in [4.78, 5) is 13.9. The monoisotopic (exact) mass is 474 g/mol. The zero-order valence-corrected chi connectivity index (χ0v) is 16.8. The number of nitrogens with zero attached hydrogens (tertiary/aromatic N) is 3. The second-order valence-electron chi connectivity index (χ2n) is 7.27. The topological polar surface area (TPSA) is 72.5 Å². The van der Waals surface area contributed by atoms with Crippen LogP contribution in [0.4, 0.5) is 37.8 Å². The number of carbonyl (C=O) groups is 1. The van der Waals surface area contributed by atoms with E-state index in [0.717, 1.165) is 17.0 Å². The Hall–Kier alpha value is -3.64. The van der Waals surface area contributed by atoms with Gasteiger partial charge in [-0.15, -0.1) is 13.2 Å². The first-order valence-electron chi connectivity index (χ1n) is 9.52. The van der Waals surface area contributed by atoms with Gasteiger partial charge in [0, 0.05) is 25.2 Å². The molecule has 0 saturated carbocycles. The van der Waals surface area contributed by atoms with E-state index in [1.807, 2.05) is 0 Å². The molecule has 176 valence electrons. The lowest BCUT2D eigenvalue weighted by Gasteiger charge is -2.32. The lowest BCUT2D eigenvalue weighted by Crippen LogP contribution is -2.35. The molecule has 13 heteroatoms. The fourth-order valence-corrected chi connectivity index (χ4v) is 3.51. The van der Waals surface area contributed by atoms with Gasteiger partial charge < -0.3 is 19.4 Å². The van der Waals surface area contributed by atoms with E-state index in [9.17, 15) is 31.1 Å². The minimum atomic E-state index is -4.87. The second kappa shape index (κ2) is 8.05. The fourth-order valence-electron chi connectivity index (χ4n) is 3.51. The van der Waals surface area contributed by atoms with E-state index in [1.54, 1.807) is 12.1 Å². The van der Waals surface area contributed by atoms with Crippen molar-refractivity contribution in [1.29, 1.82) is 0 Å². The Balaban J connectivity index is 1.58. The lowest BCUT2D eigenvalue weighted by atomic mass is 10.0. The number of amides is 1. The van der Waals surface area contributed by atoms with E-state index in [-0.39, 0.29) is 17.2 Å². The molecular formula is C20H16F6N4O3. The average Bonchev–Trinajstić information content (AvgIpc) is 3.40. The normalized spacial score (nSPS) is 18.4. The van der Waals surface area contributed by atoms with Gasteiger partial charge in [-0.2, -0.15) is 18.3 Å². The molecule has 1 aliphatic heterocycles. The van der Waals surface area contributed by atoms with Gasteiger partial charge in [0.05, 0.1) is 12.3 Å². The lowest BCUT2D eigenvalue weighted by molar-refractivity contribution is -0.274. The summed E-state index contributed by atoms with van der Waals surface area (Å²) >= 11 is 0. The molecule has 0 fully saturated rings. The third-order valence-electron chi connectivity index (χ3n) is 5.06. The molecule has 4 rings (SSSR count). The molecule has 1 aromatic carbocycles. The molecule has 0 bridgehead atoms. The van der Waals surface area contributed by atoms with Crippen LogP contribution in [0.15, 0.2) is 53.1 Å². The number of aromatic nitrogens is 2. The van der Waals surface area contributed by atoms with Gasteiger partial charge in [-0.25, -0.2) is 4.68 Å². The highest BCUT2D eigenvalue weighted by molar-refractivity contribution is 6.04. The average molecular weight is 474 g/mol. The fraction of sp³-hybridized carbons (Fsp3) is 0.300. The van der Waals surface area contributed by atoms with Crippen LogP contribution in [0.2, 0.25) is 0 Å². The Bertz CT molecular complexity index is 1120. The first-order chi connectivity index (χ1) is 15.4. The molecule has 0 saturated heterocycles. The molecule has 2 atom stereocenters. The zero-order valence-electron chi connectivity index (χ0n) is 16.8. The summed E-state index contributed by atoms with van der Waals surface area (Å²) in [6.07, 6.45) is -8.54. The Morgan fingerprint density at radius 2 is 1.88 bits per heavy atom. The minimum absolute atomic E-state index is 0.0179. The van der Waals surface area contributed by atoms with Crippen molar-refractivity contribution in [1.82, 2.24) is 9.78 Å². The van der Waals surface area contributed by atoms with Gasteiger partial charge in [-0.3, -0.25) is 4.79 Å². The number of rotatable bonds is 4. The van der Waals surface area contributed by atoms with Crippen LogP contribution >= 0.6 is 0 Å². The molecule has 1 N–H and O–H groups in total. The SMILES string of the molecule is CN(C(=O)c1cc2n(n1)[C@H](C(F)(F)F)C[C@@H](c1ccco1)N2)c1ccc(OC(F)(F)F)cc1. The first-order valence-corrected chi connectivity index (χ1v) is 9.52. The molecule has 7 nitrogen and oxygen atoms in total. The predicted octanol–water partition coefficient (Wildman–Crippen LogP) is 5.31. The summed E-state index contributed by atoms with van der Waals surface area (Å²) in [5.41, 5.74) is -0.0840. The van der Waals surface area contributed by atoms with Crippen molar-refractivity contribution in [3.63, 3.8) is 0 Å². The highest BCUT2D eigenvalue weighted by Gasteiger charge is 2.47. The van der Waals surface area contributed by atoms with Gasteiger partial charge >= 0.3 is 12.5 Å². The van der Waals surface area contributed by atoms with Crippen molar-refractivity contribution in [3.8, 4) is 5.75 Å². The van der Waals surface area contributed by atoms with Gasteiger partial charge in [0.1, 0.15) is 17.3 Å². The largest absolute Gasteiger partial charge is 0.573 e. The summed E-state index contributed by atoms with van der Waals surface area (Å²) in [6.45, 7) is 0. The third-order valence-corrected chi connectivity index (χ3v) is 5.06. The smallest absolute Gasteiger partial charge is 0.467 e. The molecule has 3 heterocycles. The zero-order chi connectivity index (χ0) is 24.0. The number of hydrogen-bond donors (Lipinski definition) is 1. The standard InChI is InChI=1S/C20H16F6N4O3/c1-29(11-4-6-12(7-5-11)33-20(24,25)26)18(31)14-10-17-27-13(15-3-2-8-32-15)9-16(19(21,22)23)30(17)28-14/h2-8,10,13,16,27H,9H2,1H3/t13-,16-/m0/s1. The van der Waals surface area contributed by atoms with Crippen molar-refractivity contribution in [2.75, 3.05) is 17.3 Å². The minimum Gasteiger partial charge on any atom is -0.467 e. The van der Waals surface area contributed by atoms with E-state index in [2.05, 4.69) is 15.2 Å². The van der Waals surface area contributed by atoms with Crippen molar-refractivity contribution in [2.45, 2.75) is 31.0 Å². The van der Waals surface area contributed by atoms with Crippen LogP contribution in [0.3, 0.4) is 0 Å². The summed E-state index contributed by atoms with van der Waals surface area (Å²) < 4.78 is 87.8. The molecule has 2 aromatic heterocycles. The summed E-state index contributed by atoms with van der Waals surface area (Å²) in [7, 11) is 1.32. The van der Waals surface area contributed by atoms with Gasteiger partial charge in [-0.05, 0) is 36.4 Å². The van der Waals surface area contributed by atoms with Crippen molar-refractivity contribution in [3.05, 3.63) is 60.2 Å². The molecule has 0 radical (unpaired) electrons. The molecule has 33 heavy (non-hydrogen) atoms. The molecule has 3 aromatic rings. The predicted molar refractivity (Wildman–Crippen MR) is 103 cm³/mol. The van der Waals surface area contributed by atoms with E-state index in [4.69, 9.17) is 4.42 Å². The van der Waals surface area contributed by atoms with Crippen LogP contribution < -0.4 is 15.0 Å². The number of ether oxygens (including phenoxy) is 1. The van der Waals surface area contributed by atoms with Crippen LogP contribution in [0.1, 0.15) is 34.8 Å². The van der Waals surface area contributed by atoms with Crippen LogP contribution in [0, 0.1) is 0 Å². The molecule has 0 unspecified atom stereocenters. The number of anilines is 2. The Morgan fingerprint density at radius 1 is 1.18 bits per heavy atom. The van der Waals surface area contributed by atoms with E-state index < -0.39 is 42.7 Å². The summed E-state index contributed by atoms with van der Waals surface area (Å²) in [5, 5.41) is 6.76. The molecule has 0 aliphatic carbocycles. The van der Waals surface area contributed by atoms with E-state index in [0.29, 0.717) is 10.4 Å². The van der Waals surface area contributed by atoms with Crippen molar-refractivity contribution in [2.24, 2.45) is 0 Å². The molecule has 1 aliphatic rings. The van der Waals surface area contributed by atoms with E-state index >= 15 is 0 Å². The Kier molecular flexibility index (Phi) is 5.50. The van der Waals surface area contributed by atoms with Gasteiger partial charge in [0.15, 0.2) is 11.7 Å². The highest BCUT2D eigenvalue weighted by atomic mass is 19.4.